The Morgan fingerprint density at radius 3 is 2.57 bits per heavy atom. The van der Waals surface area contributed by atoms with Gasteiger partial charge in [-0.3, -0.25) is 4.55 Å². The van der Waals surface area contributed by atoms with Gasteiger partial charge in [-0.05, 0) is 18.1 Å². The number of hydrogen-bond acceptors (Lipinski definition) is 3. The maximum absolute atomic E-state index is 10.2. The van der Waals surface area contributed by atoms with E-state index in [2.05, 4.69) is 4.18 Å². The summed E-state index contributed by atoms with van der Waals surface area (Å²) in [7, 11) is -4.35. The molecular formula is C8H9ClO4S. The molecule has 1 N–H and O–H groups in total. The van der Waals surface area contributed by atoms with Crippen molar-refractivity contribution in [1.82, 2.24) is 0 Å². The van der Waals surface area contributed by atoms with Gasteiger partial charge in [0, 0.05) is 5.02 Å². The van der Waals surface area contributed by atoms with Gasteiger partial charge in [0.05, 0.1) is 6.61 Å². The van der Waals surface area contributed by atoms with Crippen LogP contribution in [0, 0.1) is 0 Å². The van der Waals surface area contributed by atoms with Crippen LogP contribution in [0.15, 0.2) is 24.3 Å². The molecule has 78 valence electrons. The minimum atomic E-state index is -4.35. The average Bonchev–Trinajstić information content (AvgIpc) is 2.06. The molecule has 1 aromatic carbocycles. The Hall–Kier alpha value is -0.620. The molecule has 0 spiro atoms. The van der Waals surface area contributed by atoms with Gasteiger partial charge in [-0.2, -0.15) is 8.42 Å². The highest BCUT2D eigenvalue weighted by atomic mass is 35.5. The van der Waals surface area contributed by atoms with E-state index in [1.807, 2.05) is 0 Å². The summed E-state index contributed by atoms with van der Waals surface area (Å²) >= 11 is 5.81. The molecule has 0 aliphatic heterocycles. The molecule has 0 aliphatic carbocycles. The van der Waals surface area contributed by atoms with E-state index >= 15 is 0 Å². The summed E-state index contributed by atoms with van der Waals surface area (Å²) in [6.07, 6.45) is 0.333. The monoisotopic (exact) mass is 236 g/mol. The SMILES string of the molecule is O=S(=O)(O)OCCc1ccccc1Cl. The van der Waals surface area contributed by atoms with Crippen molar-refractivity contribution in [3.8, 4) is 0 Å². The second kappa shape index (κ2) is 4.75. The Labute approximate surface area is 87.4 Å². The minimum Gasteiger partial charge on any atom is -0.264 e. The molecule has 0 aromatic heterocycles. The maximum Gasteiger partial charge on any atom is 0.397 e. The maximum atomic E-state index is 10.2. The number of rotatable bonds is 4. The van der Waals surface area contributed by atoms with E-state index in [9.17, 15) is 8.42 Å². The lowest BCUT2D eigenvalue weighted by Gasteiger charge is -2.02. The molecule has 1 aromatic rings. The van der Waals surface area contributed by atoms with Crippen molar-refractivity contribution in [2.75, 3.05) is 6.61 Å². The first-order chi connectivity index (χ1) is 6.49. The summed E-state index contributed by atoms with van der Waals surface area (Å²) in [6, 6.07) is 7.02. The average molecular weight is 237 g/mol. The Bertz CT molecular complexity index is 402. The van der Waals surface area contributed by atoms with E-state index in [1.165, 1.54) is 0 Å². The molecule has 6 heteroatoms. The van der Waals surface area contributed by atoms with Gasteiger partial charge in [-0.1, -0.05) is 29.8 Å². The molecule has 4 nitrogen and oxygen atoms in total. The summed E-state index contributed by atoms with van der Waals surface area (Å²) in [5.41, 5.74) is 0.776. The Morgan fingerprint density at radius 1 is 1.36 bits per heavy atom. The zero-order valence-electron chi connectivity index (χ0n) is 7.18. The molecule has 0 unspecified atom stereocenters. The van der Waals surface area contributed by atoms with Gasteiger partial charge in [0.25, 0.3) is 0 Å². The lowest BCUT2D eigenvalue weighted by Crippen LogP contribution is -2.06. The predicted octanol–water partition coefficient (Wildman–Crippen LogP) is 1.70. The van der Waals surface area contributed by atoms with E-state index in [0.717, 1.165) is 5.56 Å². The molecule has 14 heavy (non-hydrogen) atoms. The first-order valence-corrected chi connectivity index (χ1v) is 5.58. The van der Waals surface area contributed by atoms with Crippen molar-refractivity contribution in [3.63, 3.8) is 0 Å². The summed E-state index contributed by atoms with van der Waals surface area (Å²) in [6.45, 7) is -0.122. The minimum absolute atomic E-state index is 0.122. The summed E-state index contributed by atoms with van der Waals surface area (Å²) in [5, 5.41) is 0.548. The van der Waals surface area contributed by atoms with Crippen LogP contribution in [0.5, 0.6) is 0 Å². The normalized spacial score (nSPS) is 11.6. The van der Waals surface area contributed by atoms with E-state index in [-0.39, 0.29) is 6.61 Å². The largest absolute Gasteiger partial charge is 0.397 e. The summed E-state index contributed by atoms with van der Waals surface area (Å²) in [4.78, 5) is 0. The van der Waals surface area contributed by atoms with Gasteiger partial charge in [0.1, 0.15) is 0 Å². The second-order valence-electron chi connectivity index (χ2n) is 2.59. The van der Waals surface area contributed by atoms with E-state index in [4.69, 9.17) is 16.2 Å². The third-order valence-electron chi connectivity index (χ3n) is 1.56. The van der Waals surface area contributed by atoms with Gasteiger partial charge >= 0.3 is 10.4 Å². The Morgan fingerprint density at radius 2 is 2.00 bits per heavy atom. The van der Waals surface area contributed by atoms with E-state index < -0.39 is 10.4 Å². The van der Waals surface area contributed by atoms with Crippen molar-refractivity contribution in [2.45, 2.75) is 6.42 Å². The van der Waals surface area contributed by atoms with Crippen molar-refractivity contribution in [3.05, 3.63) is 34.9 Å². The molecule has 0 radical (unpaired) electrons. The lowest BCUT2D eigenvalue weighted by atomic mass is 10.2. The van der Waals surface area contributed by atoms with Gasteiger partial charge in [-0.25, -0.2) is 4.18 Å². The molecule has 1 rings (SSSR count). The third kappa shape index (κ3) is 4.06. The fourth-order valence-corrected chi connectivity index (χ4v) is 1.48. The number of hydrogen-bond donors (Lipinski definition) is 1. The quantitative estimate of drug-likeness (QED) is 0.809. The zero-order valence-corrected chi connectivity index (χ0v) is 8.75. The van der Waals surface area contributed by atoms with Crippen LogP contribution >= 0.6 is 11.6 Å². The van der Waals surface area contributed by atoms with Crippen molar-refractivity contribution >= 4 is 22.0 Å². The first-order valence-electron chi connectivity index (χ1n) is 3.84. The van der Waals surface area contributed by atoms with Crippen LogP contribution in [-0.2, 0) is 21.0 Å². The van der Waals surface area contributed by atoms with Crippen LogP contribution in [-0.4, -0.2) is 19.6 Å². The Kier molecular flexibility index (Phi) is 3.88. The second-order valence-corrected chi connectivity index (χ2v) is 4.09. The molecule has 0 fully saturated rings. The Balaban J connectivity index is 2.51. The smallest absolute Gasteiger partial charge is 0.264 e. The van der Waals surface area contributed by atoms with Crippen LogP contribution in [0.1, 0.15) is 5.56 Å². The van der Waals surface area contributed by atoms with Crippen LogP contribution in [0.4, 0.5) is 0 Å². The molecule has 0 bridgehead atoms. The van der Waals surface area contributed by atoms with Gasteiger partial charge < -0.3 is 0 Å². The zero-order chi connectivity index (χ0) is 10.6. The first kappa shape index (κ1) is 11.5. The van der Waals surface area contributed by atoms with Crippen molar-refractivity contribution < 1.29 is 17.2 Å². The molecule has 0 amide bonds. The van der Waals surface area contributed by atoms with E-state index in [1.54, 1.807) is 24.3 Å². The van der Waals surface area contributed by atoms with Gasteiger partial charge in [0.15, 0.2) is 0 Å². The summed E-state index contributed by atoms with van der Waals surface area (Å²) in [5.74, 6) is 0. The number of halogens is 1. The molecule has 0 saturated carbocycles. The van der Waals surface area contributed by atoms with Crippen LogP contribution in [0.25, 0.3) is 0 Å². The molecule has 0 heterocycles. The number of benzene rings is 1. The highest BCUT2D eigenvalue weighted by Crippen LogP contribution is 2.15. The third-order valence-corrected chi connectivity index (χ3v) is 2.39. The van der Waals surface area contributed by atoms with Crippen molar-refractivity contribution in [1.29, 1.82) is 0 Å². The van der Waals surface area contributed by atoms with Crippen molar-refractivity contribution in [2.24, 2.45) is 0 Å². The topological polar surface area (TPSA) is 63.6 Å². The highest BCUT2D eigenvalue weighted by molar-refractivity contribution is 7.80. The van der Waals surface area contributed by atoms with Crippen LogP contribution in [0.3, 0.4) is 0 Å². The van der Waals surface area contributed by atoms with E-state index in [0.29, 0.717) is 11.4 Å². The lowest BCUT2D eigenvalue weighted by molar-refractivity contribution is 0.272. The predicted molar refractivity (Wildman–Crippen MR) is 52.7 cm³/mol. The molecular weight excluding hydrogens is 228 g/mol. The van der Waals surface area contributed by atoms with Gasteiger partial charge in [-0.15, -0.1) is 0 Å². The standard InChI is InChI=1S/C8H9ClO4S/c9-8-4-2-1-3-7(8)5-6-13-14(10,11)12/h1-4H,5-6H2,(H,10,11,12). The molecule has 0 saturated heterocycles. The molecule has 0 aliphatic rings. The molecule has 0 atom stereocenters. The highest BCUT2D eigenvalue weighted by Gasteiger charge is 2.05. The summed E-state index contributed by atoms with van der Waals surface area (Å²) < 4.78 is 32.9. The fraction of sp³-hybridized carbons (Fsp3) is 0.250. The van der Waals surface area contributed by atoms with Crippen LogP contribution < -0.4 is 0 Å². The fourth-order valence-electron chi connectivity index (χ4n) is 0.958. The van der Waals surface area contributed by atoms with Gasteiger partial charge in [0.2, 0.25) is 0 Å². The van der Waals surface area contributed by atoms with Crippen LogP contribution in [0.2, 0.25) is 5.02 Å².